The molecule has 0 aliphatic carbocycles. The zero-order valence-electron chi connectivity index (χ0n) is 13.0. The number of aryl methyl sites for hydroxylation is 1. The molecule has 0 radical (unpaired) electrons. The lowest BCUT2D eigenvalue weighted by molar-refractivity contribution is 0.0675. The Morgan fingerprint density at radius 3 is 2.86 bits per heavy atom. The van der Waals surface area contributed by atoms with Crippen LogP contribution in [0, 0.1) is 12.8 Å². The topological polar surface area (TPSA) is 92.5 Å². The molecule has 0 aromatic heterocycles. The Hall–Kier alpha value is -1.60. The first kappa shape index (κ1) is 16.8. The van der Waals surface area contributed by atoms with Gasteiger partial charge in [-0.05, 0) is 43.4 Å². The Morgan fingerprint density at radius 2 is 2.18 bits per heavy atom. The van der Waals surface area contributed by atoms with Crippen molar-refractivity contribution >= 4 is 21.6 Å². The molecule has 1 aromatic carbocycles. The molecule has 1 heterocycles. The highest BCUT2D eigenvalue weighted by Gasteiger charge is 2.25. The minimum absolute atomic E-state index is 0.0335. The van der Waals surface area contributed by atoms with E-state index < -0.39 is 10.0 Å². The number of nitrogens with zero attached hydrogens (tertiary/aromatic N) is 1. The largest absolute Gasteiger partial charge is 0.399 e. The van der Waals surface area contributed by atoms with Gasteiger partial charge >= 0.3 is 0 Å². The van der Waals surface area contributed by atoms with Gasteiger partial charge in [0.2, 0.25) is 10.0 Å². The summed E-state index contributed by atoms with van der Waals surface area (Å²) in [4.78, 5) is 14.4. The van der Waals surface area contributed by atoms with Crippen LogP contribution in [0.4, 0.5) is 5.69 Å². The number of carbonyl (C=O) groups excluding carboxylic acids is 1. The second kappa shape index (κ2) is 6.66. The normalized spacial score (nSPS) is 19.2. The molecule has 0 spiro atoms. The summed E-state index contributed by atoms with van der Waals surface area (Å²) < 4.78 is 24.9. The maximum absolute atomic E-state index is 12.7. The summed E-state index contributed by atoms with van der Waals surface area (Å²) in [5.74, 6) is 0.114. The van der Waals surface area contributed by atoms with Crippen LogP contribution in [0.25, 0.3) is 0 Å². The van der Waals surface area contributed by atoms with E-state index in [4.69, 9.17) is 5.73 Å². The van der Waals surface area contributed by atoms with Crippen LogP contribution in [0.15, 0.2) is 18.2 Å². The fourth-order valence-electron chi connectivity index (χ4n) is 2.73. The number of anilines is 1. The van der Waals surface area contributed by atoms with E-state index in [1.807, 2.05) is 13.0 Å². The van der Waals surface area contributed by atoms with Gasteiger partial charge in [0.25, 0.3) is 5.91 Å². The molecular weight excluding hydrogens is 302 g/mol. The van der Waals surface area contributed by atoms with Crippen molar-refractivity contribution in [2.75, 3.05) is 31.6 Å². The molecule has 2 rings (SSSR count). The first-order valence-corrected chi connectivity index (χ1v) is 9.25. The molecule has 1 aliphatic rings. The minimum atomic E-state index is -3.20. The van der Waals surface area contributed by atoms with Gasteiger partial charge < -0.3 is 10.6 Å². The zero-order valence-corrected chi connectivity index (χ0v) is 13.8. The quantitative estimate of drug-likeness (QED) is 0.807. The fraction of sp³-hybridized carbons (Fsp3) is 0.533. The Kier molecular flexibility index (Phi) is 5.08. The molecule has 1 aromatic rings. The Bertz CT molecular complexity index is 658. The van der Waals surface area contributed by atoms with Crippen LogP contribution in [0.5, 0.6) is 0 Å². The van der Waals surface area contributed by atoms with Crippen LogP contribution < -0.4 is 10.5 Å². The first-order chi connectivity index (χ1) is 10.3. The van der Waals surface area contributed by atoms with Gasteiger partial charge in [0.1, 0.15) is 0 Å². The number of amides is 1. The van der Waals surface area contributed by atoms with Crippen molar-refractivity contribution in [3.05, 3.63) is 29.3 Å². The van der Waals surface area contributed by atoms with Crippen LogP contribution >= 0.6 is 0 Å². The number of rotatable bonds is 4. The summed E-state index contributed by atoms with van der Waals surface area (Å²) in [6, 6.07) is 5.33. The molecule has 7 heteroatoms. The summed E-state index contributed by atoms with van der Waals surface area (Å²) in [7, 11) is -3.20. The second-order valence-electron chi connectivity index (χ2n) is 5.95. The van der Waals surface area contributed by atoms with Crippen molar-refractivity contribution in [3.63, 3.8) is 0 Å². The third kappa shape index (κ3) is 4.45. The number of benzene rings is 1. The zero-order chi connectivity index (χ0) is 16.3. The van der Waals surface area contributed by atoms with Gasteiger partial charge in [-0.15, -0.1) is 0 Å². The number of sulfonamides is 1. The van der Waals surface area contributed by atoms with E-state index in [1.165, 1.54) is 0 Å². The standard InChI is InChI=1S/C15H23N3O3S/c1-11-5-6-13(16)8-14(11)15(19)18-7-3-4-12(10-18)9-17-22(2,20)21/h5-6,8,12,17H,3-4,7,9-10,16H2,1-2H3. The maximum Gasteiger partial charge on any atom is 0.254 e. The molecule has 6 nitrogen and oxygen atoms in total. The first-order valence-electron chi connectivity index (χ1n) is 7.36. The number of nitrogens with two attached hydrogens (primary N) is 1. The summed E-state index contributed by atoms with van der Waals surface area (Å²) >= 11 is 0. The van der Waals surface area contributed by atoms with Gasteiger partial charge in [-0.1, -0.05) is 6.07 Å². The molecule has 0 saturated carbocycles. The number of nitrogen functional groups attached to an aromatic ring is 1. The monoisotopic (exact) mass is 325 g/mol. The molecule has 122 valence electrons. The summed E-state index contributed by atoms with van der Waals surface area (Å²) in [6.45, 7) is 3.52. The van der Waals surface area contributed by atoms with Crippen molar-refractivity contribution in [3.8, 4) is 0 Å². The van der Waals surface area contributed by atoms with Crippen molar-refractivity contribution < 1.29 is 13.2 Å². The molecule has 1 amide bonds. The maximum atomic E-state index is 12.7. The van der Waals surface area contributed by atoms with Gasteiger partial charge in [-0.25, -0.2) is 13.1 Å². The summed E-state index contributed by atoms with van der Waals surface area (Å²) in [5, 5.41) is 0. The lowest BCUT2D eigenvalue weighted by Crippen LogP contribution is -2.43. The molecule has 0 bridgehead atoms. The van der Waals surface area contributed by atoms with Crippen LogP contribution in [0.2, 0.25) is 0 Å². The number of carbonyl (C=O) groups is 1. The van der Waals surface area contributed by atoms with Gasteiger partial charge in [0, 0.05) is 30.9 Å². The third-order valence-corrected chi connectivity index (χ3v) is 4.62. The van der Waals surface area contributed by atoms with Gasteiger partial charge in [0.15, 0.2) is 0 Å². The van der Waals surface area contributed by atoms with Crippen LogP contribution in [0.1, 0.15) is 28.8 Å². The predicted octanol–water partition coefficient (Wildman–Crippen LogP) is 0.979. The lowest BCUT2D eigenvalue weighted by Gasteiger charge is -2.33. The van der Waals surface area contributed by atoms with Crippen LogP contribution in [-0.4, -0.2) is 45.1 Å². The molecule has 22 heavy (non-hydrogen) atoms. The van der Waals surface area contributed by atoms with E-state index in [0.717, 1.165) is 24.7 Å². The van der Waals surface area contributed by atoms with Crippen LogP contribution in [0.3, 0.4) is 0 Å². The average molecular weight is 325 g/mol. The number of piperidine rings is 1. The van der Waals surface area contributed by atoms with E-state index >= 15 is 0 Å². The third-order valence-electron chi connectivity index (χ3n) is 3.93. The highest BCUT2D eigenvalue weighted by atomic mass is 32.2. The summed E-state index contributed by atoms with van der Waals surface area (Å²) in [5.41, 5.74) is 7.86. The molecule has 1 fully saturated rings. The Labute approximate surface area is 131 Å². The van der Waals surface area contributed by atoms with E-state index in [-0.39, 0.29) is 11.8 Å². The predicted molar refractivity (Wildman–Crippen MR) is 87.1 cm³/mol. The van der Waals surface area contributed by atoms with E-state index in [1.54, 1.807) is 17.0 Å². The van der Waals surface area contributed by atoms with E-state index in [2.05, 4.69) is 4.72 Å². The Morgan fingerprint density at radius 1 is 1.45 bits per heavy atom. The fourth-order valence-corrected chi connectivity index (χ4v) is 3.26. The minimum Gasteiger partial charge on any atom is -0.399 e. The van der Waals surface area contributed by atoms with Crippen molar-refractivity contribution in [1.82, 2.24) is 9.62 Å². The lowest BCUT2D eigenvalue weighted by atomic mass is 9.97. The van der Waals surface area contributed by atoms with E-state index in [0.29, 0.717) is 30.9 Å². The van der Waals surface area contributed by atoms with Crippen molar-refractivity contribution in [2.24, 2.45) is 5.92 Å². The molecule has 1 unspecified atom stereocenters. The molecule has 1 saturated heterocycles. The summed E-state index contributed by atoms with van der Waals surface area (Å²) in [6.07, 6.45) is 2.94. The van der Waals surface area contributed by atoms with E-state index in [9.17, 15) is 13.2 Å². The number of hydrogen-bond acceptors (Lipinski definition) is 4. The highest BCUT2D eigenvalue weighted by Crippen LogP contribution is 2.21. The SMILES string of the molecule is Cc1ccc(N)cc1C(=O)N1CCCC(CNS(C)(=O)=O)C1. The Balaban J connectivity index is 2.05. The number of likely N-dealkylation sites (tertiary alicyclic amines) is 1. The molecular formula is C15H23N3O3S. The second-order valence-corrected chi connectivity index (χ2v) is 7.79. The molecule has 1 atom stereocenters. The molecule has 3 N–H and O–H groups in total. The average Bonchev–Trinajstić information content (AvgIpc) is 2.46. The number of hydrogen-bond donors (Lipinski definition) is 2. The van der Waals surface area contributed by atoms with Crippen molar-refractivity contribution in [1.29, 1.82) is 0 Å². The smallest absolute Gasteiger partial charge is 0.254 e. The molecule has 1 aliphatic heterocycles. The highest BCUT2D eigenvalue weighted by molar-refractivity contribution is 7.88. The van der Waals surface area contributed by atoms with Gasteiger partial charge in [-0.2, -0.15) is 0 Å². The van der Waals surface area contributed by atoms with Gasteiger partial charge in [0.05, 0.1) is 6.26 Å². The van der Waals surface area contributed by atoms with Crippen LogP contribution in [-0.2, 0) is 10.0 Å². The van der Waals surface area contributed by atoms with Gasteiger partial charge in [-0.3, -0.25) is 4.79 Å². The number of nitrogens with one attached hydrogen (secondary N) is 1. The van der Waals surface area contributed by atoms with Crippen molar-refractivity contribution in [2.45, 2.75) is 19.8 Å².